The van der Waals surface area contributed by atoms with Crippen LogP contribution < -0.4 is 0 Å². The first-order valence-electron chi connectivity index (χ1n) is 6.96. The van der Waals surface area contributed by atoms with Gasteiger partial charge in [-0.25, -0.2) is 0 Å². The molecule has 1 aliphatic carbocycles. The monoisotopic (exact) mass is 285 g/mol. The Labute approximate surface area is 123 Å². The van der Waals surface area contributed by atoms with Gasteiger partial charge in [0.25, 0.3) is 0 Å². The Morgan fingerprint density at radius 1 is 1.25 bits per heavy atom. The van der Waals surface area contributed by atoms with E-state index in [1.54, 1.807) is 12.4 Å². The normalized spacial score (nSPS) is 18.4. The molecule has 0 amide bonds. The first kappa shape index (κ1) is 13.3. The smallest absolute Gasteiger partial charge is 0.166 e. The van der Waals surface area contributed by atoms with E-state index in [-0.39, 0.29) is 11.7 Å². The van der Waals surface area contributed by atoms with Crippen LogP contribution in [0.2, 0.25) is 5.02 Å². The average Bonchev–Trinajstić information content (AvgIpc) is 2.62. The molecule has 1 aliphatic rings. The van der Waals surface area contributed by atoms with Gasteiger partial charge in [-0.2, -0.15) is 0 Å². The molecule has 1 heterocycles. The summed E-state index contributed by atoms with van der Waals surface area (Å²) in [4.78, 5) is 16.7. The van der Waals surface area contributed by atoms with Crippen LogP contribution in [-0.2, 0) is 12.8 Å². The topological polar surface area (TPSA) is 30.0 Å². The molecule has 2 aromatic rings. The summed E-state index contributed by atoms with van der Waals surface area (Å²) in [6.45, 7) is 0. The standard InChI is InChI=1S/C17H16ClNO/c18-16-11-19-9-8-13(16)10-14-6-3-5-12-4-1-2-7-15(12)17(14)20/h1-2,4,7-9,11,14H,3,5-6,10H2. The van der Waals surface area contributed by atoms with Gasteiger partial charge in [-0.3, -0.25) is 9.78 Å². The van der Waals surface area contributed by atoms with Gasteiger partial charge in [0.1, 0.15) is 0 Å². The van der Waals surface area contributed by atoms with E-state index in [0.717, 1.165) is 30.4 Å². The quantitative estimate of drug-likeness (QED) is 0.777. The highest BCUT2D eigenvalue weighted by molar-refractivity contribution is 6.31. The number of hydrogen-bond donors (Lipinski definition) is 0. The van der Waals surface area contributed by atoms with E-state index in [9.17, 15) is 4.79 Å². The lowest BCUT2D eigenvalue weighted by Gasteiger charge is -2.14. The number of ketones is 1. The number of aryl methyl sites for hydroxylation is 1. The molecule has 0 radical (unpaired) electrons. The van der Waals surface area contributed by atoms with Crippen LogP contribution in [0.1, 0.15) is 34.3 Å². The van der Waals surface area contributed by atoms with Crippen molar-refractivity contribution in [3.05, 3.63) is 64.4 Å². The van der Waals surface area contributed by atoms with Gasteiger partial charge in [-0.15, -0.1) is 0 Å². The Kier molecular flexibility index (Phi) is 3.83. The summed E-state index contributed by atoms with van der Waals surface area (Å²) in [6.07, 6.45) is 7.04. The van der Waals surface area contributed by atoms with Crippen molar-refractivity contribution in [3.8, 4) is 0 Å². The lowest BCUT2D eigenvalue weighted by atomic mass is 9.89. The predicted octanol–water partition coefficient (Wildman–Crippen LogP) is 4.11. The summed E-state index contributed by atoms with van der Waals surface area (Å²) in [5.74, 6) is 0.282. The van der Waals surface area contributed by atoms with Crippen molar-refractivity contribution in [3.63, 3.8) is 0 Å². The van der Waals surface area contributed by atoms with Gasteiger partial charge in [0.15, 0.2) is 5.78 Å². The van der Waals surface area contributed by atoms with Crippen molar-refractivity contribution in [2.24, 2.45) is 5.92 Å². The second kappa shape index (κ2) is 5.76. The lowest BCUT2D eigenvalue weighted by molar-refractivity contribution is 0.0915. The van der Waals surface area contributed by atoms with Crippen LogP contribution in [0.3, 0.4) is 0 Å². The van der Waals surface area contributed by atoms with Crippen LogP contribution in [0, 0.1) is 5.92 Å². The lowest BCUT2D eigenvalue weighted by Crippen LogP contribution is -2.17. The number of pyridine rings is 1. The van der Waals surface area contributed by atoms with E-state index < -0.39 is 0 Å². The zero-order valence-corrected chi connectivity index (χ0v) is 11.9. The maximum absolute atomic E-state index is 12.7. The van der Waals surface area contributed by atoms with Gasteiger partial charge >= 0.3 is 0 Å². The van der Waals surface area contributed by atoms with Crippen molar-refractivity contribution in [2.45, 2.75) is 25.7 Å². The molecule has 3 rings (SSSR count). The van der Waals surface area contributed by atoms with Crippen molar-refractivity contribution in [1.82, 2.24) is 4.98 Å². The van der Waals surface area contributed by atoms with Crippen LogP contribution in [0.15, 0.2) is 42.7 Å². The fourth-order valence-corrected chi connectivity index (χ4v) is 3.09. The van der Waals surface area contributed by atoms with E-state index in [2.05, 4.69) is 11.1 Å². The highest BCUT2D eigenvalue weighted by atomic mass is 35.5. The summed E-state index contributed by atoms with van der Waals surface area (Å²) >= 11 is 6.16. The molecular weight excluding hydrogens is 270 g/mol. The summed E-state index contributed by atoms with van der Waals surface area (Å²) in [5.41, 5.74) is 3.08. The Morgan fingerprint density at radius 3 is 2.95 bits per heavy atom. The number of benzene rings is 1. The third-order valence-corrected chi connectivity index (χ3v) is 4.32. The van der Waals surface area contributed by atoms with E-state index >= 15 is 0 Å². The number of Topliss-reactive ketones (excluding diaryl/α,β-unsaturated/α-hetero) is 1. The molecule has 3 heteroatoms. The molecule has 0 N–H and O–H groups in total. The van der Waals surface area contributed by atoms with Crippen LogP contribution in [0.5, 0.6) is 0 Å². The maximum atomic E-state index is 12.7. The average molecular weight is 286 g/mol. The molecule has 102 valence electrons. The Bertz CT molecular complexity index is 638. The van der Waals surface area contributed by atoms with Crippen LogP contribution in [-0.4, -0.2) is 10.8 Å². The van der Waals surface area contributed by atoms with Crippen molar-refractivity contribution < 1.29 is 4.79 Å². The molecule has 0 spiro atoms. The summed E-state index contributed by atoms with van der Waals surface area (Å²) in [6, 6.07) is 9.87. The maximum Gasteiger partial charge on any atom is 0.166 e. The van der Waals surface area contributed by atoms with E-state index in [0.29, 0.717) is 11.4 Å². The Hall–Kier alpha value is -1.67. The Balaban J connectivity index is 1.88. The van der Waals surface area contributed by atoms with Crippen molar-refractivity contribution in [1.29, 1.82) is 0 Å². The SMILES string of the molecule is O=C1c2ccccc2CCCC1Cc1ccncc1Cl. The second-order valence-electron chi connectivity index (χ2n) is 5.28. The van der Waals surface area contributed by atoms with Crippen molar-refractivity contribution >= 4 is 17.4 Å². The number of hydrogen-bond acceptors (Lipinski definition) is 2. The molecule has 1 aromatic heterocycles. The van der Waals surface area contributed by atoms with Gasteiger partial charge in [-0.1, -0.05) is 35.9 Å². The first-order chi connectivity index (χ1) is 9.75. The number of rotatable bonds is 2. The van der Waals surface area contributed by atoms with Crippen LogP contribution in [0.4, 0.5) is 0 Å². The largest absolute Gasteiger partial charge is 0.294 e. The molecule has 0 saturated carbocycles. The molecular formula is C17H16ClNO. The number of halogens is 1. The van der Waals surface area contributed by atoms with Crippen LogP contribution in [0.25, 0.3) is 0 Å². The molecule has 0 fully saturated rings. The van der Waals surface area contributed by atoms with Gasteiger partial charge < -0.3 is 0 Å². The van der Waals surface area contributed by atoms with Gasteiger partial charge in [-0.05, 0) is 42.9 Å². The highest BCUT2D eigenvalue weighted by Gasteiger charge is 2.25. The van der Waals surface area contributed by atoms with Gasteiger partial charge in [0.05, 0.1) is 5.02 Å². The second-order valence-corrected chi connectivity index (χ2v) is 5.69. The third-order valence-electron chi connectivity index (χ3n) is 3.98. The molecule has 0 bridgehead atoms. The Morgan fingerprint density at radius 2 is 2.10 bits per heavy atom. The van der Waals surface area contributed by atoms with Crippen LogP contribution >= 0.6 is 11.6 Å². The number of nitrogens with zero attached hydrogens (tertiary/aromatic N) is 1. The third kappa shape index (κ3) is 2.61. The number of aromatic nitrogens is 1. The van der Waals surface area contributed by atoms with Gasteiger partial charge in [0, 0.05) is 23.9 Å². The molecule has 1 aromatic carbocycles. The molecule has 0 aliphatic heterocycles. The number of carbonyl (C=O) groups excluding carboxylic acids is 1. The summed E-state index contributed by atoms with van der Waals surface area (Å²) in [5, 5.41) is 0.651. The first-order valence-corrected chi connectivity index (χ1v) is 7.34. The minimum absolute atomic E-state index is 0.0264. The predicted molar refractivity (Wildman–Crippen MR) is 80.2 cm³/mol. The fourth-order valence-electron chi connectivity index (χ4n) is 2.90. The molecule has 0 saturated heterocycles. The van der Waals surface area contributed by atoms with Crippen molar-refractivity contribution in [2.75, 3.05) is 0 Å². The molecule has 1 atom stereocenters. The van der Waals surface area contributed by atoms with Gasteiger partial charge in [0.2, 0.25) is 0 Å². The highest BCUT2D eigenvalue weighted by Crippen LogP contribution is 2.28. The number of carbonyl (C=O) groups is 1. The van der Waals surface area contributed by atoms with E-state index in [1.165, 1.54) is 5.56 Å². The fraction of sp³-hybridized carbons (Fsp3) is 0.294. The zero-order chi connectivity index (χ0) is 13.9. The molecule has 2 nitrogen and oxygen atoms in total. The zero-order valence-electron chi connectivity index (χ0n) is 11.2. The molecule has 1 unspecified atom stereocenters. The van der Waals surface area contributed by atoms with E-state index in [1.807, 2.05) is 24.3 Å². The minimum Gasteiger partial charge on any atom is -0.294 e. The summed E-state index contributed by atoms with van der Waals surface area (Å²) < 4.78 is 0. The minimum atomic E-state index is 0.0264. The van der Waals surface area contributed by atoms with E-state index in [4.69, 9.17) is 11.6 Å². The number of fused-ring (bicyclic) bond motifs is 1. The molecule has 20 heavy (non-hydrogen) atoms. The summed E-state index contributed by atoms with van der Waals surface area (Å²) in [7, 11) is 0.